The zero-order valence-corrected chi connectivity index (χ0v) is 13.0. The van der Waals surface area contributed by atoms with Crippen molar-refractivity contribution in [3.05, 3.63) is 54.6 Å². The van der Waals surface area contributed by atoms with Gasteiger partial charge in [0.1, 0.15) is 11.5 Å². The van der Waals surface area contributed by atoms with Crippen LogP contribution < -0.4 is 14.4 Å². The van der Waals surface area contributed by atoms with E-state index in [1.54, 1.807) is 0 Å². The van der Waals surface area contributed by atoms with Gasteiger partial charge in [0, 0.05) is 18.3 Å². The average molecular weight is 285 g/mol. The third-order valence-electron chi connectivity index (χ3n) is 3.29. The quantitative estimate of drug-likeness (QED) is 0.706. The van der Waals surface area contributed by atoms with E-state index in [-0.39, 0.29) is 6.23 Å². The Morgan fingerprint density at radius 1 is 0.952 bits per heavy atom. The summed E-state index contributed by atoms with van der Waals surface area (Å²) >= 11 is 0. The summed E-state index contributed by atoms with van der Waals surface area (Å²) in [6.07, 6.45) is -0.0470. The van der Waals surface area contributed by atoms with E-state index in [4.69, 9.17) is 9.47 Å². The highest BCUT2D eigenvalue weighted by molar-refractivity contribution is 5.51. The van der Waals surface area contributed by atoms with Crippen molar-refractivity contribution in [2.24, 2.45) is 0 Å². The molecule has 0 fully saturated rings. The highest BCUT2D eigenvalue weighted by Gasteiger charge is 2.14. The Morgan fingerprint density at radius 2 is 1.67 bits per heavy atom. The molecule has 0 N–H and O–H groups in total. The first kappa shape index (κ1) is 15.2. The molecule has 21 heavy (non-hydrogen) atoms. The Hall–Kier alpha value is -2.16. The van der Waals surface area contributed by atoms with Crippen molar-refractivity contribution in [1.29, 1.82) is 0 Å². The van der Waals surface area contributed by atoms with Crippen LogP contribution in [0.2, 0.25) is 0 Å². The molecule has 1 unspecified atom stereocenters. The lowest BCUT2D eigenvalue weighted by atomic mass is 10.2. The molecule has 0 aliphatic carbocycles. The maximum absolute atomic E-state index is 6.01. The van der Waals surface area contributed by atoms with Crippen LogP contribution in [-0.2, 0) is 0 Å². The summed E-state index contributed by atoms with van der Waals surface area (Å²) in [6.45, 7) is 7.71. The third-order valence-corrected chi connectivity index (χ3v) is 3.29. The van der Waals surface area contributed by atoms with E-state index >= 15 is 0 Å². The van der Waals surface area contributed by atoms with Crippen LogP contribution in [0.25, 0.3) is 0 Å². The van der Waals surface area contributed by atoms with Crippen LogP contribution in [0.3, 0.4) is 0 Å². The monoisotopic (exact) mass is 285 g/mol. The number of hydrogen-bond acceptors (Lipinski definition) is 3. The predicted molar refractivity (Wildman–Crippen MR) is 87.2 cm³/mol. The fraction of sp³-hybridized carbons (Fsp3) is 0.333. The first-order valence-electron chi connectivity index (χ1n) is 7.45. The first-order valence-corrected chi connectivity index (χ1v) is 7.45. The van der Waals surface area contributed by atoms with Crippen LogP contribution in [0, 0.1) is 0 Å². The number of benzene rings is 2. The standard InChI is InChI=1S/C18H23NO2/c1-4-19(15(3)21-17-11-7-6-8-12-17)16-10-9-13-18(14-16)20-5-2/h6-15H,4-5H2,1-3H3. The first-order chi connectivity index (χ1) is 10.2. The van der Waals surface area contributed by atoms with Crippen molar-refractivity contribution in [3.8, 4) is 11.5 Å². The van der Waals surface area contributed by atoms with Gasteiger partial charge in [-0.1, -0.05) is 24.3 Å². The molecule has 0 aliphatic rings. The van der Waals surface area contributed by atoms with Gasteiger partial charge in [-0.3, -0.25) is 0 Å². The van der Waals surface area contributed by atoms with Gasteiger partial charge < -0.3 is 14.4 Å². The van der Waals surface area contributed by atoms with Crippen LogP contribution in [0.15, 0.2) is 54.6 Å². The number of para-hydroxylation sites is 1. The Bertz CT molecular complexity index is 542. The van der Waals surface area contributed by atoms with Crippen LogP contribution in [0.4, 0.5) is 5.69 Å². The third kappa shape index (κ3) is 4.15. The van der Waals surface area contributed by atoms with E-state index in [9.17, 15) is 0 Å². The molecule has 2 rings (SSSR count). The van der Waals surface area contributed by atoms with E-state index in [0.29, 0.717) is 6.61 Å². The smallest absolute Gasteiger partial charge is 0.169 e. The summed E-state index contributed by atoms with van der Waals surface area (Å²) in [7, 11) is 0. The molecule has 2 aromatic rings. The second-order valence-corrected chi connectivity index (χ2v) is 4.75. The van der Waals surface area contributed by atoms with E-state index in [1.165, 1.54) is 0 Å². The van der Waals surface area contributed by atoms with E-state index < -0.39 is 0 Å². The molecule has 0 heterocycles. The van der Waals surface area contributed by atoms with Crippen molar-refractivity contribution in [1.82, 2.24) is 0 Å². The van der Waals surface area contributed by atoms with E-state index in [0.717, 1.165) is 23.7 Å². The van der Waals surface area contributed by atoms with Gasteiger partial charge in [-0.05, 0) is 45.0 Å². The zero-order chi connectivity index (χ0) is 15.1. The zero-order valence-electron chi connectivity index (χ0n) is 13.0. The Balaban J connectivity index is 2.12. The lowest BCUT2D eigenvalue weighted by Crippen LogP contribution is -2.37. The van der Waals surface area contributed by atoms with E-state index in [2.05, 4.69) is 30.9 Å². The summed E-state index contributed by atoms with van der Waals surface area (Å²) in [5, 5.41) is 0. The summed E-state index contributed by atoms with van der Waals surface area (Å²) in [5.74, 6) is 1.77. The van der Waals surface area contributed by atoms with Gasteiger partial charge in [-0.2, -0.15) is 0 Å². The molecule has 1 atom stereocenters. The minimum atomic E-state index is -0.0470. The van der Waals surface area contributed by atoms with Gasteiger partial charge in [-0.15, -0.1) is 0 Å². The molecule has 0 amide bonds. The molecule has 112 valence electrons. The van der Waals surface area contributed by atoms with Crippen LogP contribution in [0.5, 0.6) is 11.5 Å². The maximum atomic E-state index is 6.01. The molecule has 3 nitrogen and oxygen atoms in total. The second kappa shape index (κ2) is 7.58. The summed E-state index contributed by atoms with van der Waals surface area (Å²) in [5.41, 5.74) is 1.10. The van der Waals surface area contributed by atoms with Crippen molar-refractivity contribution in [2.45, 2.75) is 27.0 Å². The van der Waals surface area contributed by atoms with Gasteiger partial charge in [0.05, 0.1) is 6.61 Å². The molecule has 0 aliphatic heterocycles. The van der Waals surface area contributed by atoms with Crippen molar-refractivity contribution < 1.29 is 9.47 Å². The normalized spacial score (nSPS) is 11.8. The number of hydrogen-bond donors (Lipinski definition) is 0. The number of anilines is 1. The molecule has 3 heteroatoms. The largest absolute Gasteiger partial charge is 0.494 e. The lowest BCUT2D eigenvalue weighted by molar-refractivity contribution is 0.216. The molecular weight excluding hydrogens is 262 g/mol. The average Bonchev–Trinajstić information content (AvgIpc) is 2.50. The summed E-state index contributed by atoms with van der Waals surface area (Å²) in [6, 6.07) is 18.0. The van der Waals surface area contributed by atoms with Crippen LogP contribution in [0.1, 0.15) is 20.8 Å². The minimum absolute atomic E-state index is 0.0470. The molecule has 0 saturated heterocycles. The SMILES string of the molecule is CCOc1cccc(N(CC)C(C)Oc2ccccc2)c1. The van der Waals surface area contributed by atoms with E-state index in [1.807, 2.05) is 49.4 Å². The highest BCUT2D eigenvalue weighted by atomic mass is 16.5. The Kier molecular flexibility index (Phi) is 5.50. The molecule has 0 spiro atoms. The topological polar surface area (TPSA) is 21.7 Å². The van der Waals surface area contributed by atoms with Gasteiger partial charge in [-0.25, -0.2) is 0 Å². The summed E-state index contributed by atoms with van der Waals surface area (Å²) in [4.78, 5) is 2.20. The van der Waals surface area contributed by atoms with Gasteiger partial charge in [0.2, 0.25) is 0 Å². The molecule has 0 bridgehead atoms. The molecular formula is C18H23NO2. The number of rotatable bonds is 7. The lowest BCUT2D eigenvalue weighted by Gasteiger charge is -2.30. The summed E-state index contributed by atoms with van der Waals surface area (Å²) < 4.78 is 11.6. The van der Waals surface area contributed by atoms with Crippen LogP contribution >= 0.6 is 0 Å². The fourth-order valence-electron chi connectivity index (χ4n) is 2.33. The minimum Gasteiger partial charge on any atom is -0.494 e. The number of nitrogens with zero attached hydrogens (tertiary/aromatic N) is 1. The van der Waals surface area contributed by atoms with Crippen LogP contribution in [-0.4, -0.2) is 19.4 Å². The fourth-order valence-corrected chi connectivity index (χ4v) is 2.33. The Morgan fingerprint density at radius 3 is 2.33 bits per heavy atom. The Labute approximate surface area is 127 Å². The van der Waals surface area contributed by atoms with Crippen molar-refractivity contribution in [2.75, 3.05) is 18.1 Å². The number of ether oxygens (including phenoxy) is 2. The van der Waals surface area contributed by atoms with Crippen molar-refractivity contribution in [3.63, 3.8) is 0 Å². The molecule has 0 aromatic heterocycles. The molecule has 2 aromatic carbocycles. The highest BCUT2D eigenvalue weighted by Crippen LogP contribution is 2.24. The molecule has 0 saturated carbocycles. The van der Waals surface area contributed by atoms with Gasteiger partial charge >= 0.3 is 0 Å². The predicted octanol–water partition coefficient (Wildman–Crippen LogP) is 4.34. The van der Waals surface area contributed by atoms with Gasteiger partial charge in [0.25, 0.3) is 0 Å². The van der Waals surface area contributed by atoms with Crippen molar-refractivity contribution >= 4 is 5.69 Å². The second-order valence-electron chi connectivity index (χ2n) is 4.75. The maximum Gasteiger partial charge on any atom is 0.169 e. The molecule has 0 radical (unpaired) electrons. The van der Waals surface area contributed by atoms with Gasteiger partial charge in [0.15, 0.2) is 6.23 Å².